The van der Waals surface area contributed by atoms with Gasteiger partial charge in [0.15, 0.2) is 5.96 Å². The number of hydrogen-bond donors (Lipinski definition) is 2. The van der Waals surface area contributed by atoms with Crippen LogP contribution in [0.15, 0.2) is 53.5 Å². The third-order valence-electron chi connectivity index (χ3n) is 4.59. The Balaban J connectivity index is 1.77. The molecule has 0 radical (unpaired) electrons. The molecule has 2 rings (SSSR count). The summed E-state index contributed by atoms with van der Waals surface area (Å²) in [5, 5.41) is 6.66. The summed E-state index contributed by atoms with van der Waals surface area (Å²) in [7, 11) is 7.21. The first kappa shape index (κ1) is 23.5. The fraction of sp³-hybridized carbons (Fsp3) is 0.435. The van der Waals surface area contributed by atoms with Crippen LogP contribution >= 0.6 is 0 Å². The SMILES string of the molecule is CN=C(NCc1cccc(OC)c1)NCc1cccc(OCCN(C)CCOC)c1. The van der Waals surface area contributed by atoms with Gasteiger partial charge in [-0.25, -0.2) is 0 Å². The number of benzene rings is 2. The van der Waals surface area contributed by atoms with Crippen LogP contribution in [-0.4, -0.2) is 65.5 Å². The molecule has 2 aromatic carbocycles. The zero-order valence-corrected chi connectivity index (χ0v) is 18.5. The minimum atomic E-state index is 0.640. The summed E-state index contributed by atoms with van der Waals surface area (Å²) < 4.78 is 16.2. The fourth-order valence-electron chi connectivity index (χ4n) is 2.80. The predicted octanol–water partition coefficient (Wildman–Crippen LogP) is 2.52. The number of nitrogens with zero attached hydrogens (tertiary/aromatic N) is 2. The van der Waals surface area contributed by atoms with Crippen LogP contribution in [0.25, 0.3) is 0 Å². The molecule has 0 aliphatic rings. The topological polar surface area (TPSA) is 67.4 Å². The van der Waals surface area contributed by atoms with Gasteiger partial charge in [0.05, 0.1) is 13.7 Å². The number of rotatable bonds is 12. The van der Waals surface area contributed by atoms with E-state index in [4.69, 9.17) is 14.2 Å². The van der Waals surface area contributed by atoms with Gasteiger partial charge >= 0.3 is 0 Å². The van der Waals surface area contributed by atoms with Crippen molar-refractivity contribution in [3.05, 3.63) is 59.7 Å². The van der Waals surface area contributed by atoms with E-state index >= 15 is 0 Å². The van der Waals surface area contributed by atoms with E-state index in [0.717, 1.165) is 48.3 Å². The molecule has 0 aliphatic heterocycles. The number of aliphatic imine (C=N–C) groups is 1. The summed E-state index contributed by atoms with van der Waals surface area (Å²) in [5.74, 6) is 2.46. The molecule has 0 bridgehead atoms. The average molecular weight is 415 g/mol. The van der Waals surface area contributed by atoms with Crippen molar-refractivity contribution in [3.63, 3.8) is 0 Å². The minimum Gasteiger partial charge on any atom is -0.497 e. The Labute approximate surface area is 180 Å². The molecule has 0 aliphatic carbocycles. The molecular weight excluding hydrogens is 380 g/mol. The molecule has 2 N–H and O–H groups in total. The lowest BCUT2D eigenvalue weighted by atomic mass is 10.2. The molecule has 7 heteroatoms. The van der Waals surface area contributed by atoms with Gasteiger partial charge in [-0.05, 0) is 42.4 Å². The molecule has 7 nitrogen and oxygen atoms in total. The van der Waals surface area contributed by atoms with E-state index in [0.29, 0.717) is 19.7 Å². The van der Waals surface area contributed by atoms with Crippen LogP contribution < -0.4 is 20.1 Å². The third-order valence-corrected chi connectivity index (χ3v) is 4.59. The molecule has 2 aromatic rings. The van der Waals surface area contributed by atoms with Crippen molar-refractivity contribution in [1.29, 1.82) is 0 Å². The van der Waals surface area contributed by atoms with Crippen molar-refractivity contribution < 1.29 is 14.2 Å². The first-order valence-corrected chi connectivity index (χ1v) is 10.1. The second-order valence-corrected chi connectivity index (χ2v) is 6.92. The van der Waals surface area contributed by atoms with Gasteiger partial charge in [0, 0.05) is 40.3 Å². The second kappa shape index (κ2) is 13.5. The first-order valence-electron chi connectivity index (χ1n) is 10.1. The zero-order valence-electron chi connectivity index (χ0n) is 18.5. The summed E-state index contributed by atoms with van der Waals surface area (Å²) in [6.45, 7) is 4.43. The Morgan fingerprint density at radius 2 is 1.50 bits per heavy atom. The zero-order chi connectivity index (χ0) is 21.6. The van der Waals surface area contributed by atoms with Gasteiger partial charge in [-0.2, -0.15) is 0 Å². The maximum atomic E-state index is 5.89. The number of hydrogen-bond acceptors (Lipinski definition) is 5. The van der Waals surface area contributed by atoms with E-state index in [1.54, 1.807) is 21.3 Å². The minimum absolute atomic E-state index is 0.640. The standard InChI is InChI=1S/C23H34N4O3/c1-24-23(25-17-19-7-5-9-21(15-19)29-4)26-18-20-8-6-10-22(16-20)30-14-12-27(2)11-13-28-3/h5-10,15-16H,11-14,17-18H2,1-4H3,(H2,24,25,26). The molecular formula is C23H34N4O3. The summed E-state index contributed by atoms with van der Waals surface area (Å²) in [5.41, 5.74) is 2.26. The van der Waals surface area contributed by atoms with Crippen LogP contribution in [0.2, 0.25) is 0 Å². The van der Waals surface area contributed by atoms with Crippen LogP contribution in [0, 0.1) is 0 Å². The maximum absolute atomic E-state index is 5.89. The van der Waals surface area contributed by atoms with E-state index in [2.05, 4.69) is 45.8 Å². The molecule has 30 heavy (non-hydrogen) atoms. The van der Waals surface area contributed by atoms with Gasteiger partial charge < -0.3 is 29.7 Å². The van der Waals surface area contributed by atoms with E-state index < -0.39 is 0 Å². The Bertz CT molecular complexity index is 783. The molecule has 0 unspecified atom stereocenters. The van der Waals surface area contributed by atoms with Crippen LogP contribution in [-0.2, 0) is 17.8 Å². The third kappa shape index (κ3) is 8.71. The summed E-state index contributed by atoms with van der Waals surface area (Å²) in [4.78, 5) is 6.48. The molecule has 0 saturated carbocycles. The fourth-order valence-corrected chi connectivity index (χ4v) is 2.80. The van der Waals surface area contributed by atoms with Gasteiger partial charge in [0.2, 0.25) is 0 Å². The molecule has 0 heterocycles. The molecule has 0 fully saturated rings. The number of nitrogens with one attached hydrogen (secondary N) is 2. The molecule has 0 saturated heterocycles. The smallest absolute Gasteiger partial charge is 0.191 e. The molecule has 0 aromatic heterocycles. The summed E-state index contributed by atoms with van der Waals surface area (Å²) in [6.07, 6.45) is 0. The van der Waals surface area contributed by atoms with E-state index in [1.807, 2.05) is 30.3 Å². The van der Waals surface area contributed by atoms with Crippen molar-refractivity contribution in [2.45, 2.75) is 13.1 Å². The second-order valence-electron chi connectivity index (χ2n) is 6.92. The number of likely N-dealkylation sites (N-methyl/N-ethyl adjacent to an activating group) is 1. The van der Waals surface area contributed by atoms with Gasteiger partial charge in [-0.15, -0.1) is 0 Å². The van der Waals surface area contributed by atoms with Crippen molar-refractivity contribution in [2.24, 2.45) is 4.99 Å². The highest BCUT2D eigenvalue weighted by Gasteiger charge is 2.03. The van der Waals surface area contributed by atoms with Crippen molar-refractivity contribution in [2.75, 3.05) is 54.6 Å². The van der Waals surface area contributed by atoms with Crippen LogP contribution in [0.4, 0.5) is 0 Å². The lowest BCUT2D eigenvalue weighted by molar-refractivity contribution is 0.150. The summed E-state index contributed by atoms with van der Waals surface area (Å²) in [6, 6.07) is 16.1. The Hall–Kier alpha value is -2.77. The monoisotopic (exact) mass is 414 g/mol. The molecule has 0 atom stereocenters. The van der Waals surface area contributed by atoms with Gasteiger partial charge in [-0.1, -0.05) is 24.3 Å². The van der Waals surface area contributed by atoms with Gasteiger partial charge in [0.1, 0.15) is 18.1 Å². The van der Waals surface area contributed by atoms with E-state index in [-0.39, 0.29) is 0 Å². The van der Waals surface area contributed by atoms with Crippen molar-refractivity contribution in [3.8, 4) is 11.5 Å². The predicted molar refractivity (Wildman–Crippen MR) is 121 cm³/mol. The van der Waals surface area contributed by atoms with E-state index in [9.17, 15) is 0 Å². The summed E-state index contributed by atoms with van der Waals surface area (Å²) >= 11 is 0. The molecule has 0 spiro atoms. The number of guanidine groups is 1. The molecule has 0 amide bonds. The number of methoxy groups -OCH3 is 2. The quantitative estimate of drug-likeness (QED) is 0.411. The first-order chi connectivity index (χ1) is 14.6. The highest BCUT2D eigenvalue weighted by atomic mass is 16.5. The Morgan fingerprint density at radius 3 is 2.10 bits per heavy atom. The van der Waals surface area contributed by atoms with Gasteiger partial charge in [0.25, 0.3) is 0 Å². The van der Waals surface area contributed by atoms with Crippen LogP contribution in [0.5, 0.6) is 11.5 Å². The van der Waals surface area contributed by atoms with Crippen LogP contribution in [0.1, 0.15) is 11.1 Å². The molecule has 164 valence electrons. The average Bonchev–Trinajstić information content (AvgIpc) is 2.78. The van der Waals surface area contributed by atoms with Crippen LogP contribution in [0.3, 0.4) is 0 Å². The van der Waals surface area contributed by atoms with E-state index in [1.165, 1.54) is 0 Å². The number of ether oxygens (including phenoxy) is 3. The maximum Gasteiger partial charge on any atom is 0.191 e. The van der Waals surface area contributed by atoms with Gasteiger partial charge in [-0.3, -0.25) is 4.99 Å². The Morgan fingerprint density at radius 1 is 0.900 bits per heavy atom. The lowest BCUT2D eigenvalue weighted by Gasteiger charge is -2.16. The lowest BCUT2D eigenvalue weighted by Crippen LogP contribution is -2.36. The largest absolute Gasteiger partial charge is 0.497 e. The highest BCUT2D eigenvalue weighted by molar-refractivity contribution is 5.79. The Kier molecular flexibility index (Phi) is 10.5. The van der Waals surface area contributed by atoms with Crippen molar-refractivity contribution in [1.82, 2.24) is 15.5 Å². The highest BCUT2D eigenvalue weighted by Crippen LogP contribution is 2.14. The normalized spacial score (nSPS) is 11.4. The van der Waals surface area contributed by atoms with Crippen molar-refractivity contribution >= 4 is 5.96 Å².